The summed E-state index contributed by atoms with van der Waals surface area (Å²) in [7, 11) is -26.8. The van der Waals surface area contributed by atoms with Crippen LogP contribution in [0.4, 0.5) is 0 Å². The molecule has 0 fully saturated rings. The van der Waals surface area contributed by atoms with Gasteiger partial charge in [0.1, 0.15) is 0 Å². The molecule has 0 amide bonds. The molecule has 0 spiro atoms. The van der Waals surface area contributed by atoms with Gasteiger partial charge in [-0.3, -0.25) is 14.7 Å². The van der Waals surface area contributed by atoms with Crippen molar-refractivity contribution in [3.8, 4) is 0 Å². The summed E-state index contributed by atoms with van der Waals surface area (Å²) >= 11 is 0. The molecule has 0 aromatic heterocycles. The second-order valence-electron chi connectivity index (χ2n) is 6.67. The van der Waals surface area contributed by atoms with Crippen molar-refractivity contribution in [3.63, 3.8) is 0 Å². The zero-order chi connectivity index (χ0) is 25.6. The summed E-state index contributed by atoms with van der Waals surface area (Å²) < 4.78 is 54.6. The van der Waals surface area contributed by atoms with Crippen LogP contribution in [0.2, 0.25) is 0 Å². The molecular formula is C9H18N3Na6O15P5-4. The van der Waals surface area contributed by atoms with Gasteiger partial charge in [-0.25, -0.2) is 0 Å². The molecule has 0 aromatic rings. The van der Waals surface area contributed by atoms with Gasteiger partial charge in [0.2, 0.25) is 0 Å². The Hall–Kier alpha value is 6.63. The molecule has 0 aliphatic rings. The molecule has 0 heterocycles. The monoisotopic (exact) mass is 701 g/mol. The Morgan fingerprint density at radius 2 is 0.447 bits per heavy atom. The van der Waals surface area contributed by atoms with Crippen LogP contribution in [0, 0.1) is 0 Å². The zero-order valence-electron chi connectivity index (χ0n) is 22.1. The second-order valence-corrected chi connectivity index (χ2v) is 14.2. The molecule has 38 heavy (non-hydrogen) atoms. The predicted octanol–water partition coefficient (Wildman–Crippen LogP) is -26.7. The SMILES string of the molecule is O=P([O-])([O-])CN(CCN(CP(=O)([O-])[O-])CP(=O)([O-])[O-])CCN(CP(=O)([O-])[O-])CP(=O)([O-])[O-].[Na+].[Na+].[Na+].[Na+].[Na+].[Na+]. The third-order valence-corrected chi connectivity index (χ3v) is 7.06. The Bertz CT molecular complexity index is 744. The Labute approximate surface area is 353 Å². The van der Waals surface area contributed by atoms with E-state index in [1.165, 1.54) is 0 Å². The number of hydrogen-bond donors (Lipinski definition) is 0. The molecule has 0 saturated heterocycles. The van der Waals surface area contributed by atoms with Crippen LogP contribution in [-0.4, -0.2) is 72.3 Å². The molecule has 0 aliphatic heterocycles. The summed E-state index contributed by atoms with van der Waals surface area (Å²) in [5.41, 5.74) is 0. The van der Waals surface area contributed by atoms with Crippen LogP contribution >= 0.6 is 38.0 Å². The first-order valence-electron chi connectivity index (χ1n) is 8.17. The smallest absolute Gasteiger partial charge is 0.810 e. The molecule has 18 nitrogen and oxygen atoms in total. The van der Waals surface area contributed by atoms with Crippen LogP contribution in [0.15, 0.2) is 0 Å². The number of nitrogens with zero attached hydrogens (tertiary/aromatic N) is 3. The summed E-state index contributed by atoms with van der Waals surface area (Å²) in [6.07, 6.45) is -7.03. The molecule has 0 radical (unpaired) electrons. The second kappa shape index (κ2) is 26.6. The third-order valence-electron chi connectivity index (χ3n) is 3.33. The van der Waals surface area contributed by atoms with E-state index < -0.39 is 95.6 Å². The van der Waals surface area contributed by atoms with E-state index in [2.05, 4.69) is 0 Å². The molecule has 0 saturated carbocycles. The fourth-order valence-electron chi connectivity index (χ4n) is 2.42. The van der Waals surface area contributed by atoms with Gasteiger partial charge in [-0.2, -0.15) is 0 Å². The normalized spacial score (nSPS) is 12.3. The average molecular weight is 701 g/mol. The maximum atomic E-state index is 11.1. The van der Waals surface area contributed by atoms with Crippen molar-refractivity contribution >= 4 is 38.0 Å². The zero-order valence-corrected chi connectivity index (χ0v) is 38.5. The molecule has 0 aliphatic carbocycles. The largest absolute Gasteiger partial charge is 1.00 e. The molecule has 0 aromatic carbocycles. The molecule has 29 heteroatoms. The van der Waals surface area contributed by atoms with Crippen LogP contribution in [0.1, 0.15) is 0 Å². The van der Waals surface area contributed by atoms with E-state index in [-0.39, 0.29) is 177 Å². The molecule has 0 unspecified atom stereocenters. The molecular weight excluding hydrogens is 683 g/mol. The minimum Gasteiger partial charge on any atom is -0.810 e. The summed E-state index contributed by atoms with van der Waals surface area (Å²) in [5.74, 6) is 0. The number of hydrogen-bond acceptors (Lipinski definition) is 18. The van der Waals surface area contributed by atoms with Gasteiger partial charge in [-0.05, 0) is 0 Å². The Morgan fingerprint density at radius 3 is 0.605 bits per heavy atom. The minimum atomic E-state index is -5.37. The van der Waals surface area contributed by atoms with E-state index in [9.17, 15) is 71.8 Å². The first-order chi connectivity index (χ1) is 13.9. The van der Waals surface area contributed by atoms with E-state index in [1.807, 2.05) is 0 Å². The first kappa shape index (κ1) is 60.0. The summed E-state index contributed by atoms with van der Waals surface area (Å²) in [4.78, 5) is 111. The van der Waals surface area contributed by atoms with Crippen molar-refractivity contribution in [2.24, 2.45) is 0 Å². The third kappa shape index (κ3) is 42.6. The first-order valence-corrected chi connectivity index (χ1v) is 16.8. The van der Waals surface area contributed by atoms with Gasteiger partial charge in [0.25, 0.3) is 0 Å². The van der Waals surface area contributed by atoms with Gasteiger partial charge in [0, 0.05) is 57.6 Å². The van der Waals surface area contributed by atoms with E-state index in [4.69, 9.17) is 0 Å². The van der Waals surface area contributed by atoms with Crippen molar-refractivity contribution < 1.29 is 249 Å². The van der Waals surface area contributed by atoms with Crippen molar-refractivity contribution in [1.29, 1.82) is 0 Å². The van der Waals surface area contributed by atoms with E-state index in [0.29, 0.717) is 14.7 Å². The fourth-order valence-corrected chi connectivity index (χ4v) is 6.43. The van der Waals surface area contributed by atoms with Crippen LogP contribution in [-0.2, 0) is 22.8 Å². The topological polar surface area (TPSA) is 326 Å². The summed E-state index contributed by atoms with van der Waals surface area (Å²) in [6, 6.07) is 0. The van der Waals surface area contributed by atoms with Gasteiger partial charge in [0.15, 0.2) is 0 Å². The Kier molecular flexibility index (Phi) is 41.9. The van der Waals surface area contributed by atoms with E-state index >= 15 is 0 Å². The molecule has 0 bridgehead atoms. The van der Waals surface area contributed by atoms with Crippen molar-refractivity contribution in [3.05, 3.63) is 0 Å². The quantitative estimate of drug-likeness (QED) is 0.106. The van der Waals surface area contributed by atoms with E-state index in [0.717, 1.165) is 0 Å². The van der Waals surface area contributed by atoms with Crippen molar-refractivity contribution in [2.45, 2.75) is 0 Å². The molecule has 194 valence electrons. The molecule has 0 N–H and O–H groups in total. The van der Waals surface area contributed by atoms with Gasteiger partial charge < -0.3 is 71.8 Å². The molecule has 0 atom stereocenters. The van der Waals surface area contributed by atoms with Crippen molar-refractivity contribution in [1.82, 2.24) is 14.7 Å². The van der Waals surface area contributed by atoms with Crippen LogP contribution in [0.25, 0.3) is 0 Å². The van der Waals surface area contributed by atoms with Crippen molar-refractivity contribution in [2.75, 3.05) is 57.6 Å². The van der Waals surface area contributed by atoms with Crippen LogP contribution in [0.3, 0.4) is 0 Å². The predicted molar refractivity (Wildman–Crippen MR) is 87.4 cm³/mol. The van der Waals surface area contributed by atoms with Gasteiger partial charge in [0.05, 0.1) is 0 Å². The Balaban J connectivity index is -0.000000320. The molecule has 0 rings (SSSR count). The Morgan fingerprint density at radius 1 is 0.316 bits per heavy atom. The minimum absolute atomic E-state index is 0. The van der Waals surface area contributed by atoms with Gasteiger partial charge in [-0.15, -0.1) is 0 Å². The maximum absolute atomic E-state index is 11.1. The standard InChI is InChI=1S/C9H28N3O15P5.6Na/c13-28(14,15)5-10(1-3-11(6-29(16,17)18)7-30(19,20)21)2-4-12(8-31(22,23)24)9-32(25,26)27;;;;;;/h1-9H2,(H2,13,14,15)(H2,16,17,18)(H2,19,20,21)(H2,22,23,24)(H2,25,26,27);;;;;;/q;6*+1/p-10. The maximum Gasteiger partial charge on any atom is 1.00 e. The van der Waals surface area contributed by atoms with Gasteiger partial charge >= 0.3 is 177 Å². The number of rotatable bonds is 16. The average Bonchev–Trinajstić information content (AvgIpc) is 2.41. The summed E-state index contributed by atoms with van der Waals surface area (Å²) in [5, 5.41) is 0. The van der Waals surface area contributed by atoms with Gasteiger partial charge in [-0.1, -0.05) is 38.0 Å². The van der Waals surface area contributed by atoms with Crippen LogP contribution < -0.4 is 226 Å². The summed E-state index contributed by atoms with van der Waals surface area (Å²) in [6.45, 7) is -2.82. The van der Waals surface area contributed by atoms with E-state index in [1.54, 1.807) is 0 Å². The fraction of sp³-hybridized carbons (Fsp3) is 1.00. The van der Waals surface area contributed by atoms with Crippen LogP contribution in [0.5, 0.6) is 0 Å².